The van der Waals surface area contributed by atoms with Gasteiger partial charge in [0.15, 0.2) is 5.92 Å². The maximum Gasteiger partial charge on any atom is 0.324 e. The van der Waals surface area contributed by atoms with E-state index in [1.807, 2.05) is 37.3 Å². The van der Waals surface area contributed by atoms with Crippen LogP contribution in [0.3, 0.4) is 0 Å². The van der Waals surface area contributed by atoms with Gasteiger partial charge in [-0.3, -0.25) is 9.59 Å². The molecule has 0 N–H and O–H groups in total. The van der Waals surface area contributed by atoms with Crippen molar-refractivity contribution in [3.05, 3.63) is 35.2 Å². The molecular formula is C20H23NO4S. The third-order valence-corrected chi connectivity index (χ3v) is 5.38. The van der Waals surface area contributed by atoms with Gasteiger partial charge in [-0.2, -0.15) is 0 Å². The normalized spacial score (nSPS) is 16.6. The molecule has 1 aromatic carbocycles. The van der Waals surface area contributed by atoms with Crippen LogP contribution in [0.2, 0.25) is 0 Å². The molecule has 0 bridgehead atoms. The topological polar surface area (TPSA) is 55.8 Å². The van der Waals surface area contributed by atoms with Gasteiger partial charge in [0.05, 0.1) is 17.7 Å². The highest BCUT2D eigenvalue weighted by atomic mass is 32.1. The van der Waals surface area contributed by atoms with Gasteiger partial charge in [0.25, 0.3) is 0 Å². The van der Waals surface area contributed by atoms with E-state index < -0.39 is 17.5 Å². The van der Waals surface area contributed by atoms with Gasteiger partial charge in [0, 0.05) is 11.4 Å². The molecule has 1 aliphatic heterocycles. The monoisotopic (exact) mass is 373 g/mol. The van der Waals surface area contributed by atoms with E-state index in [1.165, 1.54) is 11.3 Å². The minimum Gasteiger partial charge on any atom is -0.497 e. The molecule has 5 nitrogen and oxygen atoms in total. The Kier molecular flexibility index (Phi) is 4.80. The van der Waals surface area contributed by atoms with E-state index in [-0.39, 0.29) is 5.91 Å². The number of hydrogen-bond donors (Lipinski definition) is 0. The van der Waals surface area contributed by atoms with Crippen molar-refractivity contribution in [3.8, 4) is 16.2 Å². The summed E-state index contributed by atoms with van der Waals surface area (Å²) in [7, 11) is 1.63. The van der Waals surface area contributed by atoms with Crippen LogP contribution < -0.4 is 9.64 Å². The molecule has 1 aliphatic rings. The number of likely N-dealkylation sites (N-methyl/N-ethyl adjacent to an activating group) is 1. The van der Waals surface area contributed by atoms with Crippen molar-refractivity contribution in [2.45, 2.75) is 39.2 Å². The van der Waals surface area contributed by atoms with E-state index in [1.54, 1.807) is 32.8 Å². The predicted octanol–water partition coefficient (Wildman–Crippen LogP) is 4.22. The van der Waals surface area contributed by atoms with Gasteiger partial charge < -0.3 is 14.4 Å². The van der Waals surface area contributed by atoms with E-state index in [0.29, 0.717) is 6.54 Å². The number of anilines is 1. The largest absolute Gasteiger partial charge is 0.497 e. The van der Waals surface area contributed by atoms with Gasteiger partial charge in [0.1, 0.15) is 11.4 Å². The highest BCUT2D eigenvalue weighted by Gasteiger charge is 2.45. The van der Waals surface area contributed by atoms with Crippen molar-refractivity contribution in [1.29, 1.82) is 0 Å². The third-order valence-electron chi connectivity index (χ3n) is 4.14. The number of nitrogens with zero attached hydrogens (tertiary/aromatic N) is 1. The Morgan fingerprint density at radius 2 is 1.88 bits per heavy atom. The number of amides is 1. The molecule has 0 saturated carbocycles. The highest BCUT2D eigenvalue weighted by molar-refractivity contribution is 7.16. The first-order valence-corrected chi connectivity index (χ1v) is 9.39. The lowest BCUT2D eigenvalue weighted by Crippen LogP contribution is -2.35. The molecule has 1 atom stereocenters. The van der Waals surface area contributed by atoms with Crippen LogP contribution >= 0.6 is 11.3 Å². The van der Waals surface area contributed by atoms with Gasteiger partial charge in [-0.15, -0.1) is 11.3 Å². The van der Waals surface area contributed by atoms with Gasteiger partial charge in [0.2, 0.25) is 5.91 Å². The summed E-state index contributed by atoms with van der Waals surface area (Å²) in [5.41, 5.74) is 1.20. The number of rotatable bonds is 4. The Morgan fingerprint density at radius 1 is 1.23 bits per heavy atom. The van der Waals surface area contributed by atoms with Crippen molar-refractivity contribution in [2.24, 2.45) is 0 Å². The number of ether oxygens (including phenoxy) is 2. The molecule has 3 rings (SSSR count). The lowest BCUT2D eigenvalue weighted by atomic mass is 10.1. The number of carbonyl (C=O) groups excluding carboxylic acids is 2. The first kappa shape index (κ1) is 18.5. The standard InChI is InChI=1S/C20H23NO4S/c1-6-21-14-11-15(12-7-9-13(24-5)10-8-12)26-17(14)16(18(21)22)19(23)25-20(2,3)4/h7-11,16H,6H2,1-5H3. The van der Waals surface area contributed by atoms with Crippen molar-refractivity contribution in [2.75, 3.05) is 18.6 Å². The molecule has 1 amide bonds. The molecule has 0 spiro atoms. The lowest BCUT2D eigenvalue weighted by Gasteiger charge is -2.22. The summed E-state index contributed by atoms with van der Waals surface area (Å²) in [6.45, 7) is 7.84. The van der Waals surface area contributed by atoms with Crippen LogP contribution in [-0.4, -0.2) is 31.1 Å². The first-order valence-electron chi connectivity index (χ1n) is 8.57. The van der Waals surface area contributed by atoms with Crippen LogP contribution in [0, 0.1) is 0 Å². The molecule has 26 heavy (non-hydrogen) atoms. The maximum absolute atomic E-state index is 12.7. The fourth-order valence-electron chi connectivity index (χ4n) is 2.99. The zero-order chi connectivity index (χ0) is 19.1. The molecule has 0 fully saturated rings. The van der Waals surface area contributed by atoms with Gasteiger partial charge >= 0.3 is 5.97 Å². The summed E-state index contributed by atoms with van der Waals surface area (Å²) in [4.78, 5) is 28.8. The van der Waals surface area contributed by atoms with E-state index in [0.717, 1.165) is 26.8 Å². The second kappa shape index (κ2) is 6.76. The number of methoxy groups -OCH3 is 1. The molecule has 138 valence electrons. The number of fused-ring (bicyclic) bond motifs is 1. The lowest BCUT2D eigenvalue weighted by molar-refractivity contribution is -0.158. The first-order chi connectivity index (χ1) is 12.2. The Bertz CT molecular complexity index is 832. The molecule has 2 aromatic rings. The zero-order valence-corrected chi connectivity index (χ0v) is 16.5. The summed E-state index contributed by atoms with van der Waals surface area (Å²) in [6.07, 6.45) is 0. The minimum atomic E-state index is -0.874. The van der Waals surface area contributed by atoms with E-state index >= 15 is 0 Å². The summed E-state index contributed by atoms with van der Waals surface area (Å²) >= 11 is 1.47. The SMILES string of the molecule is CCN1C(=O)C(C(=O)OC(C)(C)C)c2sc(-c3ccc(OC)cc3)cc21. The average Bonchev–Trinajstić information content (AvgIpc) is 3.09. The number of thiophene rings is 1. The number of hydrogen-bond acceptors (Lipinski definition) is 5. The van der Waals surface area contributed by atoms with Gasteiger partial charge in [-0.1, -0.05) is 0 Å². The van der Waals surface area contributed by atoms with Crippen molar-refractivity contribution in [1.82, 2.24) is 0 Å². The average molecular weight is 373 g/mol. The minimum absolute atomic E-state index is 0.204. The van der Waals surface area contributed by atoms with Crippen LogP contribution in [0.5, 0.6) is 5.75 Å². The van der Waals surface area contributed by atoms with Gasteiger partial charge in [-0.25, -0.2) is 0 Å². The molecule has 6 heteroatoms. The van der Waals surface area contributed by atoms with Gasteiger partial charge in [-0.05, 0) is 63.6 Å². The summed E-state index contributed by atoms with van der Waals surface area (Å²) < 4.78 is 10.7. The fraction of sp³-hybridized carbons (Fsp3) is 0.400. The third kappa shape index (κ3) is 3.33. The Morgan fingerprint density at radius 3 is 2.42 bits per heavy atom. The highest BCUT2D eigenvalue weighted by Crippen LogP contribution is 2.47. The molecule has 0 radical (unpaired) electrons. The molecule has 2 heterocycles. The zero-order valence-electron chi connectivity index (χ0n) is 15.7. The quantitative estimate of drug-likeness (QED) is 0.595. The molecular weight excluding hydrogens is 350 g/mol. The van der Waals surface area contributed by atoms with Crippen molar-refractivity contribution < 1.29 is 19.1 Å². The summed E-state index contributed by atoms with van der Waals surface area (Å²) in [5, 5.41) is 0. The fourth-order valence-corrected chi connectivity index (χ4v) is 4.24. The van der Waals surface area contributed by atoms with E-state index in [9.17, 15) is 9.59 Å². The van der Waals surface area contributed by atoms with Crippen LogP contribution in [0.4, 0.5) is 5.69 Å². The summed E-state index contributed by atoms with van der Waals surface area (Å²) in [5.74, 6) is -0.775. The predicted molar refractivity (Wildman–Crippen MR) is 103 cm³/mol. The Balaban J connectivity index is 1.98. The molecule has 0 saturated heterocycles. The summed E-state index contributed by atoms with van der Waals surface area (Å²) in [6, 6.07) is 9.72. The van der Waals surface area contributed by atoms with E-state index in [2.05, 4.69) is 0 Å². The smallest absolute Gasteiger partial charge is 0.324 e. The van der Waals surface area contributed by atoms with Crippen LogP contribution in [0.1, 0.15) is 38.5 Å². The second-order valence-electron chi connectivity index (χ2n) is 7.14. The molecule has 1 unspecified atom stereocenters. The van der Waals surface area contributed by atoms with Crippen LogP contribution in [0.25, 0.3) is 10.4 Å². The number of benzene rings is 1. The number of esters is 1. The molecule has 0 aliphatic carbocycles. The maximum atomic E-state index is 12.7. The van der Waals surface area contributed by atoms with Crippen molar-refractivity contribution >= 4 is 28.9 Å². The van der Waals surface area contributed by atoms with Crippen LogP contribution in [-0.2, 0) is 14.3 Å². The Labute approximate surface area is 157 Å². The Hall–Kier alpha value is -2.34. The number of carbonyl (C=O) groups is 2. The second-order valence-corrected chi connectivity index (χ2v) is 8.22. The molecule has 1 aromatic heterocycles. The van der Waals surface area contributed by atoms with E-state index in [4.69, 9.17) is 9.47 Å². The van der Waals surface area contributed by atoms with Crippen LogP contribution in [0.15, 0.2) is 30.3 Å². The van der Waals surface area contributed by atoms with Crippen molar-refractivity contribution in [3.63, 3.8) is 0 Å².